The van der Waals surface area contributed by atoms with E-state index < -0.39 is 23.6 Å². The number of carbonyl (C=O) groups excluding carboxylic acids is 1. The van der Waals surface area contributed by atoms with Crippen molar-refractivity contribution >= 4 is 34.4 Å². The number of nitrogens with two attached hydrogens (primary N) is 1. The summed E-state index contributed by atoms with van der Waals surface area (Å²) >= 11 is 0.782. The molecule has 4 rings (SSSR count). The topological polar surface area (TPSA) is 116 Å². The minimum atomic E-state index is -2.84. The number of nitrogens with one attached hydrogen (secondary N) is 1. The van der Waals surface area contributed by atoms with Crippen LogP contribution >= 0.6 is 11.8 Å². The number of aromatic amines is 1. The average molecular weight is 407 g/mol. The van der Waals surface area contributed by atoms with E-state index in [0.29, 0.717) is 5.52 Å². The number of nitrogen functional groups attached to an aromatic ring is 1. The molecule has 8 nitrogen and oxygen atoms in total. The first-order chi connectivity index (χ1) is 13.4. The van der Waals surface area contributed by atoms with E-state index in [1.54, 1.807) is 18.2 Å². The Bertz CT molecular complexity index is 1200. The summed E-state index contributed by atoms with van der Waals surface area (Å²) in [5.41, 5.74) is 4.65. The summed E-state index contributed by atoms with van der Waals surface area (Å²) in [5, 5.41) is -0.0462. The van der Waals surface area contributed by atoms with E-state index >= 15 is 0 Å². The number of nitrogens with zero attached hydrogens (tertiary/aromatic N) is 3. The Morgan fingerprint density at radius 1 is 1.32 bits per heavy atom. The van der Waals surface area contributed by atoms with Crippen molar-refractivity contribution in [2.45, 2.75) is 30.6 Å². The number of alkyl halides is 2. The van der Waals surface area contributed by atoms with Gasteiger partial charge in [0.1, 0.15) is 11.4 Å². The zero-order valence-electron chi connectivity index (χ0n) is 14.4. The van der Waals surface area contributed by atoms with Crippen molar-refractivity contribution in [3.05, 3.63) is 50.7 Å². The van der Waals surface area contributed by atoms with Crippen LogP contribution in [0.2, 0.25) is 0 Å². The summed E-state index contributed by atoms with van der Waals surface area (Å²) in [7, 11) is 0. The SMILES string of the molecule is Nc1c(C(=O)CSc2nc3ccccc3n2C(F)F)c(=O)[nH]c(=O)n1C1CC1. The number of carbonyl (C=O) groups is 1. The number of halogens is 2. The second kappa shape index (κ2) is 6.89. The number of rotatable bonds is 6. The van der Waals surface area contributed by atoms with Gasteiger partial charge in [-0.25, -0.2) is 9.78 Å². The van der Waals surface area contributed by atoms with Gasteiger partial charge in [0, 0.05) is 6.04 Å². The highest BCUT2D eigenvalue weighted by Gasteiger charge is 2.30. The summed E-state index contributed by atoms with van der Waals surface area (Å²) in [4.78, 5) is 42.9. The Kier molecular flexibility index (Phi) is 4.53. The fourth-order valence-corrected chi connectivity index (χ4v) is 3.93. The zero-order chi connectivity index (χ0) is 20.0. The van der Waals surface area contributed by atoms with Crippen LogP contribution in [-0.2, 0) is 0 Å². The number of thioether (sulfide) groups is 1. The molecule has 28 heavy (non-hydrogen) atoms. The molecule has 3 N–H and O–H groups in total. The summed E-state index contributed by atoms with van der Waals surface area (Å²) in [5.74, 6) is -1.18. The Morgan fingerprint density at radius 2 is 2.04 bits per heavy atom. The maximum atomic E-state index is 13.5. The van der Waals surface area contributed by atoms with Crippen molar-refractivity contribution in [3.8, 4) is 0 Å². The van der Waals surface area contributed by atoms with E-state index in [4.69, 9.17) is 5.73 Å². The van der Waals surface area contributed by atoms with Crippen LogP contribution in [0.5, 0.6) is 0 Å². The van der Waals surface area contributed by atoms with Gasteiger partial charge in [0.05, 0.1) is 16.8 Å². The highest BCUT2D eigenvalue weighted by Crippen LogP contribution is 2.35. The van der Waals surface area contributed by atoms with Crippen molar-refractivity contribution in [1.29, 1.82) is 0 Å². The number of hydrogen-bond acceptors (Lipinski definition) is 6. The van der Waals surface area contributed by atoms with Crippen LogP contribution in [0.3, 0.4) is 0 Å². The molecule has 146 valence electrons. The Morgan fingerprint density at radius 3 is 2.71 bits per heavy atom. The van der Waals surface area contributed by atoms with Crippen molar-refractivity contribution in [1.82, 2.24) is 19.1 Å². The highest BCUT2D eigenvalue weighted by atomic mass is 32.2. The molecule has 0 bridgehead atoms. The summed E-state index contributed by atoms with van der Waals surface area (Å²) < 4.78 is 28.9. The van der Waals surface area contributed by atoms with Gasteiger partial charge >= 0.3 is 12.2 Å². The van der Waals surface area contributed by atoms with Crippen LogP contribution in [0, 0.1) is 0 Å². The highest BCUT2D eigenvalue weighted by molar-refractivity contribution is 7.99. The fourth-order valence-electron chi connectivity index (χ4n) is 3.05. The standard InChI is InChI=1S/C17H15F2N5O3S/c18-15(19)24-10-4-2-1-3-9(10)21-17(24)28-7-11(25)12-13(20)23(8-5-6-8)16(27)22-14(12)26/h1-4,8,15H,5-7,20H2,(H,22,26,27). The quantitative estimate of drug-likeness (QED) is 0.478. The van der Waals surface area contributed by atoms with Crippen molar-refractivity contribution in [2.24, 2.45) is 0 Å². The largest absolute Gasteiger partial charge is 0.384 e. The molecule has 1 saturated carbocycles. The number of aromatic nitrogens is 4. The third-order valence-corrected chi connectivity index (χ3v) is 5.42. The molecule has 1 fully saturated rings. The van der Waals surface area contributed by atoms with Gasteiger partial charge in [0.2, 0.25) is 0 Å². The van der Waals surface area contributed by atoms with Gasteiger partial charge in [0.15, 0.2) is 10.9 Å². The van der Waals surface area contributed by atoms with Crippen LogP contribution in [0.1, 0.15) is 35.8 Å². The number of Topliss-reactive ketones (excluding diaryl/α,β-unsaturated/α-hetero) is 1. The minimum Gasteiger partial charge on any atom is -0.384 e. The van der Waals surface area contributed by atoms with Crippen molar-refractivity contribution in [2.75, 3.05) is 11.5 Å². The molecule has 1 aliphatic rings. The molecule has 11 heteroatoms. The number of benzene rings is 1. The molecule has 0 aliphatic heterocycles. The van der Waals surface area contributed by atoms with Gasteiger partial charge in [0.25, 0.3) is 5.56 Å². The third-order valence-electron chi connectivity index (χ3n) is 4.46. The lowest BCUT2D eigenvalue weighted by atomic mass is 10.2. The number of para-hydroxylation sites is 2. The molecular weight excluding hydrogens is 392 g/mol. The summed E-state index contributed by atoms with van der Waals surface area (Å²) in [6.45, 7) is -2.84. The van der Waals surface area contributed by atoms with Gasteiger partial charge in [-0.15, -0.1) is 0 Å². The van der Waals surface area contributed by atoms with Crippen LogP contribution in [-0.4, -0.2) is 30.6 Å². The van der Waals surface area contributed by atoms with E-state index in [1.807, 2.05) is 0 Å². The fraction of sp³-hybridized carbons (Fsp3) is 0.294. The molecular formula is C17H15F2N5O3S. The number of H-pyrrole nitrogens is 1. The normalized spacial score (nSPS) is 14.1. The first-order valence-corrected chi connectivity index (χ1v) is 9.42. The van der Waals surface area contributed by atoms with Crippen LogP contribution < -0.4 is 17.0 Å². The zero-order valence-corrected chi connectivity index (χ0v) is 15.2. The van der Waals surface area contributed by atoms with E-state index in [-0.39, 0.29) is 33.8 Å². The second-order valence-corrected chi connectivity index (χ2v) is 7.31. The van der Waals surface area contributed by atoms with Crippen LogP contribution in [0.15, 0.2) is 39.0 Å². The molecule has 0 unspecified atom stereocenters. The Balaban J connectivity index is 1.65. The molecule has 2 aromatic heterocycles. The summed E-state index contributed by atoms with van der Waals surface area (Å²) in [6, 6.07) is 6.25. The van der Waals surface area contributed by atoms with E-state index in [9.17, 15) is 23.2 Å². The van der Waals surface area contributed by atoms with Crippen molar-refractivity contribution < 1.29 is 13.6 Å². The molecule has 0 saturated heterocycles. The van der Waals surface area contributed by atoms with Crippen molar-refractivity contribution in [3.63, 3.8) is 0 Å². The molecule has 1 aliphatic carbocycles. The number of ketones is 1. The summed E-state index contributed by atoms with van der Waals surface area (Å²) in [6.07, 6.45) is 1.47. The molecule has 3 aromatic rings. The average Bonchev–Trinajstić information content (AvgIpc) is 3.38. The Hall–Kier alpha value is -2.95. The van der Waals surface area contributed by atoms with Crippen LogP contribution in [0.25, 0.3) is 11.0 Å². The number of fused-ring (bicyclic) bond motifs is 1. The smallest absolute Gasteiger partial charge is 0.330 e. The second-order valence-electron chi connectivity index (χ2n) is 6.36. The van der Waals surface area contributed by atoms with E-state index in [1.165, 1.54) is 10.6 Å². The number of imidazole rings is 1. The van der Waals surface area contributed by atoms with Gasteiger partial charge in [-0.3, -0.25) is 23.7 Å². The van der Waals surface area contributed by atoms with Gasteiger partial charge in [-0.1, -0.05) is 23.9 Å². The van der Waals surface area contributed by atoms with Gasteiger partial charge in [-0.05, 0) is 25.0 Å². The van der Waals surface area contributed by atoms with Gasteiger partial charge < -0.3 is 5.73 Å². The lowest BCUT2D eigenvalue weighted by Gasteiger charge is -2.11. The first kappa shape index (κ1) is 18.4. The maximum Gasteiger partial charge on any atom is 0.330 e. The first-order valence-electron chi connectivity index (χ1n) is 8.44. The Labute approximate surface area is 160 Å². The molecule has 0 atom stereocenters. The molecule has 0 spiro atoms. The predicted octanol–water partition coefficient (Wildman–Crippen LogP) is 2.17. The molecule has 2 heterocycles. The van der Waals surface area contributed by atoms with E-state index in [2.05, 4.69) is 9.97 Å². The maximum absolute atomic E-state index is 13.5. The number of anilines is 1. The van der Waals surface area contributed by atoms with Crippen LogP contribution in [0.4, 0.5) is 14.6 Å². The predicted molar refractivity (Wildman–Crippen MR) is 100 cm³/mol. The van der Waals surface area contributed by atoms with E-state index in [0.717, 1.165) is 29.2 Å². The minimum absolute atomic E-state index is 0.0462. The lowest BCUT2D eigenvalue weighted by molar-refractivity contribution is 0.0656. The third kappa shape index (κ3) is 3.11. The lowest BCUT2D eigenvalue weighted by Crippen LogP contribution is -2.36. The molecule has 0 amide bonds. The number of hydrogen-bond donors (Lipinski definition) is 2. The molecule has 0 radical (unpaired) electrons. The molecule has 1 aromatic carbocycles. The monoisotopic (exact) mass is 407 g/mol. The van der Waals surface area contributed by atoms with Gasteiger partial charge in [-0.2, -0.15) is 8.78 Å².